The molecule has 0 aliphatic carbocycles. The number of ketones is 1. The van der Waals surface area contributed by atoms with Gasteiger partial charge in [-0.15, -0.1) is 0 Å². The van der Waals surface area contributed by atoms with Crippen LogP contribution in [0, 0.1) is 0 Å². The predicted octanol–water partition coefficient (Wildman–Crippen LogP) is 2.55. The van der Waals surface area contributed by atoms with Gasteiger partial charge in [0.25, 0.3) is 0 Å². The topological polar surface area (TPSA) is 81.7 Å². The van der Waals surface area contributed by atoms with Crippen molar-refractivity contribution < 1.29 is 23.9 Å². The number of fused-ring (bicyclic) bond motifs is 2. The molecule has 0 saturated carbocycles. The number of nitrogens with one attached hydrogen (secondary N) is 1. The van der Waals surface area contributed by atoms with Crippen LogP contribution in [-0.2, 0) is 22.4 Å². The number of hydrogen-bond donors (Lipinski definition) is 1. The fourth-order valence-electron chi connectivity index (χ4n) is 3.17. The molecule has 2 aliphatic heterocycles. The molecule has 0 aromatic heterocycles. The molecule has 2 heterocycles. The molecule has 0 bridgehead atoms. The molecule has 4 rings (SSSR count). The fourth-order valence-corrected chi connectivity index (χ4v) is 3.17. The van der Waals surface area contributed by atoms with E-state index < -0.39 is 5.97 Å². The van der Waals surface area contributed by atoms with Crippen molar-refractivity contribution in [1.29, 1.82) is 0 Å². The van der Waals surface area contributed by atoms with Crippen LogP contribution in [-0.4, -0.2) is 30.9 Å². The minimum absolute atomic E-state index is 0.0229. The zero-order valence-electron chi connectivity index (χ0n) is 14.0. The zero-order valence-corrected chi connectivity index (χ0v) is 14.0. The Morgan fingerprint density at radius 1 is 1.00 bits per heavy atom. The van der Waals surface area contributed by atoms with Crippen molar-refractivity contribution in [2.75, 3.05) is 18.5 Å². The highest BCUT2D eigenvalue weighted by Gasteiger charge is 2.19. The Labute approximate surface area is 150 Å². The first-order valence-corrected chi connectivity index (χ1v) is 8.49. The number of amides is 1. The summed E-state index contributed by atoms with van der Waals surface area (Å²) in [4.78, 5) is 35.9. The molecule has 0 radical (unpaired) electrons. The predicted molar refractivity (Wildman–Crippen MR) is 93.6 cm³/mol. The highest BCUT2D eigenvalue weighted by molar-refractivity contribution is 6.01. The lowest BCUT2D eigenvalue weighted by Gasteiger charge is -2.17. The maximum Gasteiger partial charge on any atom is 0.338 e. The number of ether oxygens (including phenoxy) is 2. The van der Waals surface area contributed by atoms with Gasteiger partial charge in [-0.3, -0.25) is 9.59 Å². The second-order valence-corrected chi connectivity index (χ2v) is 6.34. The number of Topliss-reactive ketones (excluding diaryl/α,β-unsaturated/α-hetero) is 1. The smallest absolute Gasteiger partial charge is 0.338 e. The normalized spacial score (nSPS) is 14.7. The minimum atomic E-state index is -0.529. The summed E-state index contributed by atoms with van der Waals surface area (Å²) in [6, 6.07) is 10.2. The minimum Gasteiger partial charge on any atom is -0.493 e. The Morgan fingerprint density at radius 3 is 2.69 bits per heavy atom. The second kappa shape index (κ2) is 6.63. The SMILES string of the molecule is O=C1CCc2cc(C(=O)COC(=O)c3ccc4c(c3)CCO4)ccc2N1. The molecular weight excluding hydrogens is 334 g/mol. The van der Waals surface area contributed by atoms with Crippen molar-refractivity contribution >= 4 is 23.3 Å². The fraction of sp³-hybridized carbons (Fsp3) is 0.250. The van der Waals surface area contributed by atoms with Gasteiger partial charge >= 0.3 is 5.97 Å². The Kier molecular flexibility index (Phi) is 4.16. The van der Waals surface area contributed by atoms with Gasteiger partial charge < -0.3 is 14.8 Å². The van der Waals surface area contributed by atoms with Gasteiger partial charge in [-0.2, -0.15) is 0 Å². The van der Waals surface area contributed by atoms with Gasteiger partial charge in [0.05, 0.1) is 12.2 Å². The largest absolute Gasteiger partial charge is 0.493 e. The van der Waals surface area contributed by atoms with E-state index in [-0.39, 0.29) is 18.3 Å². The van der Waals surface area contributed by atoms with Crippen LogP contribution in [0.25, 0.3) is 0 Å². The standard InChI is InChI=1S/C20H17NO5/c22-17(13-1-4-16-12(9-13)3-6-19(23)21-16)11-26-20(24)15-2-5-18-14(10-15)7-8-25-18/h1-2,4-5,9-10H,3,6-8,11H2,(H,21,23). The number of aryl methyl sites for hydroxylation is 1. The van der Waals surface area contributed by atoms with E-state index in [1.807, 2.05) is 0 Å². The number of hydrogen-bond acceptors (Lipinski definition) is 5. The Hall–Kier alpha value is -3.15. The molecule has 0 spiro atoms. The monoisotopic (exact) mass is 351 g/mol. The van der Waals surface area contributed by atoms with E-state index in [2.05, 4.69) is 5.32 Å². The molecule has 0 unspecified atom stereocenters. The molecule has 132 valence electrons. The first-order chi connectivity index (χ1) is 12.6. The summed E-state index contributed by atoms with van der Waals surface area (Å²) >= 11 is 0. The van der Waals surface area contributed by atoms with E-state index in [9.17, 15) is 14.4 Å². The van der Waals surface area contributed by atoms with Crippen LogP contribution < -0.4 is 10.1 Å². The lowest BCUT2D eigenvalue weighted by Crippen LogP contribution is -2.20. The van der Waals surface area contributed by atoms with Crippen molar-refractivity contribution in [2.24, 2.45) is 0 Å². The summed E-state index contributed by atoms with van der Waals surface area (Å²) < 4.78 is 10.6. The van der Waals surface area contributed by atoms with Crippen molar-refractivity contribution in [3.05, 3.63) is 58.7 Å². The van der Waals surface area contributed by atoms with Crippen molar-refractivity contribution in [2.45, 2.75) is 19.3 Å². The molecule has 2 aromatic carbocycles. The lowest BCUT2D eigenvalue weighted by atomic mass is 9.99. The Bertz CT molecular complexity index is 918. The summed E-state index contributed by atoms with van der Waals surface area (Å²) in [6.07, 6.45) is 1.77. The maximum atomic E-state index is 12.3. The average Bonchev–Trinajstić information content (AvgIpc) is 3.13. The van der Waals surface area contributed by atoms with Crippen LogP contribution in [0.4, 0.5) is 5.69 Å². The second-order valence-electron chi connectivity index (χ2n) is 6.34. The molecular formula is C20H17NO5. The third-order valence-corrected chi connectivity index (χ3v) is 4.58. The number of esters is 1. The molecule has 0 saturated heterocycles. The molecule has 2 aromatic rings. The van der Waals surface area contributed by atoms with Crippen LogP contribution in [0.5, 0.6) is 5.75 Å². The summed E-state index contributed by atoms with van der Waals surface area (Å²) in [5, 5.41) is 2.77. The van der Waals surface area contributed by atoms with Gasteiger partial charge in [-0.1, -0.05) is 0 Å². The third kappa shape index (κ3) is 3.18. The molecule has 0 fully saturated rings. The average molecular weight is 351 g/mol. The van der Waals surface area contributed by atoms with E-state index in [0.29, 0.717) is 30.6 Å². The van der Waals surface area contributed by atoms with Gasteiger partial charge in [0.1, 0.15) is 5.75 Å². The van der Waals surface area contributed by atoms with Crippen LogP contribution in [0.15, 0.2) is 36.4 Å². The third-order valence-electron chi connectivity index (χ3n) is 4.58. The molecule has 6 nitrogen and oxygen atoms in total. The van der Waals surface area contributed by atoms with E-state index >= 15 is 0 Å². The van der Waals surface area contributed by atoms with Crippen LogP contribution in [0.3, 0.4) is 0 Å². The number of anilines is 1. The summed E-state index contributed by atoms with van der Waals surface area (Å²) in [5.74, 6) is -0.0372. The maximum absolute atomic E-state index is 12.3. The Morgan fingerprint density at radius 2 is 1.81 bits per heavy atom. The van der Waals surface area contributed by atoms with E-state index in [1.165, 1.54) is 0 Å². The van der Waals surface area contributed by atoms with Gasteiger partial charge in [-0.25, -0.2) is 4.79 Å². The van der Waals surface area contributed by atoms with Crippen LogP contribution in [0.1, 0.15) is 38.3 Å². The Balaban J connectivity index is 1.41. The van der Waals surface area contributed by atoms with Gasteiger partial charge in [0, 0.05) is 24.1 Å². The molecule has 6 heteroatoms. The number of rotatable bonds is 4. The van der Waals surface area contributed by atoms with Gasteiger partial charge in [0.2, 0.25) is 5.91 Å². The van der Waals surface area contributed by atoms with Gasteiger partial charge in [0.15, 0.2) is 12.4 Å². The molecule has 1 amide bonds. The molecule has 2 aliphatic rings. The summed E-state index contributed by atoms with van der Waals surface area (Å²) in [7, 11) is 0. The van der Waals surface area contributed by atoms with Crippen molar-refractivity contribution in [3.8, 4) is 5.75 Å². The lowest BCUT2D eigenvalue weighted by molar-refractivity contribution is -0.116. The highest BCUT2D eigenvalue weighted by Crippen LogP contribution is 2.26. The first kappa shape index (κ1) is 16.3. The summed E-state index contributed by atoms with van der Waals surface area (Å²) in [5.41, 5.74) is 3.50. The number of carbonyl (C=O) groups is 3. The van der Waals surface area contributed by atoms with E-state index in [4.69, 9.17) is 9.47 Å². The number of carbonyl (C=O) groups excluding carboxylic acids is 3. The summed E-state index contributed by atoms with van der Waals surface area (Å²) in [6.45, 7) is 0.294. The van der Waals surface area contributed by atoms with E-state index in [1.54, 1.807) is 36.4 Å². The zero-order chi connectivity index (χ0) is 18.1. The first-order valence-electron chi connectivity index (χ1n) is 8.49. The number of benzene rings is 2. The van der Waals surface area contributed by atoms with Crippen molar-refractivity contribution in [1.82, 2.24) is 0 Å². The van der Waals surface area contributed by atoms with Gasteiger partial charge in [-0.05, 0) is 53.9 Å². The molecule has 26 heavy (non-hydrogen) atoms. The van der Waals surface area contributed by atoms with E-state index in [0.717, 1.165) is 29.0 Å². The van der Waals surface area contributed by atoms with Crippen molar-refractivity contribution in [3.63, 3.8) is 0 Å². The highest BCUT2D eigenvalue weighted by atomic mass is 16.5. The molecule has 1 N–H and O–H groups in total. The quantitative estimate of drug-likeness (QED) is 0.676. The molecule has 0 atom stereocenters. The van der Waals surface area contributed by atoms with Crippen LogP contribution in [0.2, 0.25) is 0 Å². The van der Waals surface area contributed by atoms with Crippen LogP contribution >= 0.6 is 0 Å².